The van der Waals surface area contributed by atoms with Gasteiger partial charge in [0.25, 0.3) is 0 Å². The molecule has 1 amide bonds. The summed E-state index contributed by atoms with van der Waals surface area (Å²) >= 11 is 0. The Morgan fingerprint density at radius 2 is 2.22 bits per heavy atom. The van der Waals surface area contributed by atoms with Crippen LogP contribution in [0.1, 0.15) is 31.4 Å². The Bertz CT molecular complexity index is 433. The van der Waals surface area contributed by atoms with Crippen LogP contribution in [-0.2, 0) is 4.79 Å². The first kappa shape index (κ1) is 12.8. The van der Waals surface area contributed by atoms with Crippen LogP contribution in [0.5, 0.6) is 0 Å². The number of carbonyl (C=O) groups excluding carboxylic acids is 1. The predicted molar refractivity (Wildman–Crippen MR) is 70.6 cm³/mol. The third-order valence-corrected chi connectivity index (χ3v) is 3.38. The number of hydrogen-bond donors (Lipinski definition) is 0. The highest BCUT2D eigenvalue weighted by atomic mass is 16.2. The summed E-state index contributed by atoms with van der Waals surface area (Å²) in [6, 6.07) is 0. The number of piperidine rings is 1. The minimum absolute atomic E-state index is 0.149. The van der Waals surface area contributed by atoms with Crippen molar-refractivity contribution in [2.45, 2.75) is 25.7 Å². The van der Waals surface area contributed by atoms with Crippen LogP contribution in [0, 0.1) is 0 Å². The van der Waals surface area contributed by atoms with Crippen molar-refractivity contribution >= 4 is 11.7 Å². The van der Waals surface area contributed by atoms with Crippen LogP contribution in [0.3, 0.4) is 0 Å². The van der Waals surface area contributed by atoms with E-state index in [0.717, 1.165) is 37.4 Å². The van der Waals surface area contributed by atoms with E-state index in [9.17, 15) is 4.79 Å². The minimum Gasteiger partial charge on any atom is -0.361 e. The number of nitrogens with zero attached hydrogens (tertiary/aromatic N) is 4. The summed E-state index contributed by atoms with van der Waals surface area (Å²) in [6.07, 6.45) is 5.70. The Morgan fingerprint density at radius 1 is 1.44 bits per heavy atom. The lowest BCUT2D eigenvalue weighted by Gasteiger charge is -2.31. The second kappa shape index (κ2) is 5.33. The zero-order valence-electron chi connectivity index (χ0n) is 11.3. The Hall–Kier alpha value is -1.65. The van der Waals surface area contributed by atoms with Crippen LogP contribution < -0.4 is 4.90 Å². The van der Waals surface area contributed by atoms with Gasteiger partial charge < -0.3 is 9.80 Å². The van der Waals surface area contributed by atoms with Gasteiger partial charge in [-0.05, 0) is 12.8 Å². The van der Waals surface area contributed by atoms with Gasteiger partial charge in [-0.1, -0.05) is 0 Å². The first-order chi connectivity index (χ1) is 8.58. The molecule has 5 heteroatoms. The average molecular weight is 248 g/mol. The summed E-state index contributed by atoms with van der Waals surface area (Å²) in [5.74, 6) is 1.33. The fourth-order valence-corrected chi connectivity index (χ4v) is 2.29. The van der Waals surface area contributed by atoms with Crippen LogP contribution >= 0.6 is 0 Å². The van der Waals surface area contributed by atoms with Crippen molar-refractivity contribution < 1.29 is 4.79 Å². The fraction of sp³-hybridized carbons (Fsp3) is 0.615. The molecule has 1 aromatic heterocycles. The highest BCUT2D eigenvalue weighted by Crippen LogP contribution is 2.26. The Morgan fingerprint density at radius 3 is 2.89 bits per heavy atom. The molecule has 1 aromatic rings. The van der Waals surface area contributed by atoms with E-state index in [4.69, 9.17) is 0 Å². The van der Waals surface area contributed by atoms with Crippen LogP contribution in [0.4, 0.5) is 5.82 Å². The van der Waals surface area contributed by atoms with E-state index >= 15 is 0 Å². The van der Waals surface area contributed by atoms with E-state index < -0.39 is 0 Å². The highest BCUT2D eigenvalue weighted by Gasteiger charge is 2.24. The van der Waals surface area contributed by atoms with Gasteiger partial charge in [-0.3, -0.25) is 9.78 Å². The molecule has 1 aliphatic rings. The smallest absolute Gasteiger partial charge is 0.219 e. The lowest BCUT2D eigenvalue weighted by atomic mass is 9.95. The van der Waals surface area contributed by atoms with Crippen molar-refractivity contribution in [1.82, 2.24) is 14.9 Å². The van der Waals surface area contributed by atoms with Crippen molar-refractivity contribution in [2.75, 3.05) is 32.1 Å². The number of rotatable bonds is 2. The van der Waals surface area contributed by atoms with E-state index in [0.29, 0.717) is 5.92 Å². The van der Waals surface area contributed by atoms with E-state index in [-0.39, 0.29) is 5.91 Å². The van der Waals surface area contributed by atoms with Gasteiger partial charge >= 0.3 is 0 Å². The van der Waals surface area contributed by atoms with Crippen molar-refractivity contribution in [2.24, 2.45) is 0 Å². The van der Waals surface area contributed by atoms with Crippen molar-refractivity contribution in [3.8, 4) is 0 Å². The highest BCUT2D eigenvalue weighted by molar-refractivity contribution is 5.73. The van der Waals surface area contributed by atoms with Gasteiger partial charge in [0.1, 0.15) is 5.82 Å². The Labute approximate surface area is 108 Å². The van der Waals surface area contributed by atoms with Gasteiger partial charge in [0.05, 0.1) is 11.9 Å². The molecule has 1 atom stereocenters. The van der Waals surface area contributed by atoms with E-state index in [1.165, 1.54) is 0 Å². The molecule has 1 aliphatic heterocycles. The fourth-order valence-electron chi connectivity index (χ4n) is 2.29. The standard InChI is InChI=1S/C13H20N4O/c1-10(18)17-6-4-5-11(9-17)12-7-14-8-13(15-12)16(2)3/h7-8,11H,4-6,9H2,1-3H3/t11-/m1/s1. The Balaban J connectivity index is 2.15. The summed E-state index contributed by atoms with van der Waals surface area (Å²) in [5, 5.41) is 0. The molecule has 2 heterocycles. The number of likely N-dealkylation sites (tertiary alicyclic amines) is 1. The normalized spacial score (nSPS) is 19.7. The molecule has 5 nitrogen and oxygen atoms in total. The van der Waals surface area contributed by atoms with E-state index in [1.807, 2.05) is 30.1 Å². The van der Waals surface area contributed by atoms with Gasteiger partial charge in [0.2, 0.25) is 5.91 Å². The van der Waals surface area contributed by atoms with Crippen molar-refractivity contribution in [3.63, 3.8) is 0 Å². The molecule has 1 saturated heterocycles. The second-order valence-electron chi connectivity index (χ2n) is 5.00. The summed E-state index contributed by atoms with van der Waals surface area (Å²) < 4.78 is 0. The van der Waals surface area contributed by atoms with E-state index in [2.05, 4.69) is 9.97 Å². The van der Waals surface area contributed by atoms with Crippen LogP contribution in [0.2, 0.25) is 0 Å². The topological polar surface area (TPSA) is 49.3 Å². The third-order valence-electron chi connectivity index (χ3n) is 3.38. The number of hydrogen-bond acceptors (Lipinski definition) is 4. The largest absolute Gasteiger partial charge is 0.361 e. The van der Waals surface area contributed by atoms with Gasteiger partial charge in [-0.15, -0.1) is 0 Å². The molecule has 98 valence electrons. The summed E-state index contributed by atoms with van der Waals surface area (Å²) in [7, 11) is 3.91. The first-order valence-corrected chi connectivity index (χ1v) is 6.32. The summed E-state index contributed by atoms with van der Waals surface area (Å²) in [4.78, 5) is 24.1. The molecule has 0 saturated carbocycles. The number of carbonyl (C=O) groups is 1. The van der Waals surface area contributed by atoms with Gasteiger partial charge in [-0.2, -0.15) is 0 Å². The monoisotopic (exact) mass is 248 g/mol. The Kier molecular flexibility index (Phi) is 3.79. The zero-order chi connectivity index (χ0) is 13.1. The maximum Gasteiger partial charge on any atom is 0.219 e. The molecule has 0 radical (unpaired) electrons. The molecule has 0 N–H and O–H groups in total. The van der Waals surface area contributed by atoms with Crippen molar-refractivity contribution in [3.05, 3.63) is 18.1 Å². The van der Waals surface area contributed by atoms with Crippen LogP contribution in [0.25, 0.3) is 0 Å². The molecule has 18 heavy (non-hydrogen) atoms. The quantitative estimate of drug-likeness (QED) is 0.791. The molecule has 0 aromatic carbocycles. The average Bonchev–Trinajstić information content (AvgIpc) is 2.39. The maximum atomic E-state index is 11.4. The molecular formula is C13H20N4O. The molecular weight excluding hydrogens is 228 g/mol. The molecule has 0 unspecified atom stereocenters. The molecule has 0 bridgehead atoms. The predicted octanol–water partition coefficient (Wildman–Crippen LogP) is 1.27. The summed E-state index contributed by atoms with van der Waals surface area (Å²) in [5.41, 5.74) is 0.993. The zero-order valence-corrected chi connectivity index (χ0v) is 11.3. The lowest BCUT2D eigenvalue weighted by molar-refractivity contribution is -0.130. The summed E-state index contributed by atoms with van der Waals surface area (Å²) in [6.45, 7) is 3.26. The number of anilines is 1. The first-order valence-electron chi connectivity index (χ1n) is 6.32. The second-order valence-corrected chi connectivity index (χ2v) is 5.00. The van der Waals surface area contributed by atoms with Gasteiger partial charge in [0.15, 0.2) is 0 Å². The lowest BCUT2D eigenvalue weighted by Crippen LogP contribution is -2.37. The third kappa shape index (κ3) is 2.78. The van der Waals surface area contributed by atoms with Crippen LogP contribution in [-0.4, -0.2) is 48.0 Å². The van der Waals surface area contributed by atoms with Gasteiger partial charge in [0, 0.05) is 46.2 Å². The van der Waals surface area contributed by atoms with Crippen molar-refractivity contribution in [1.29, 1.82) is 0 Å². The number of aromatic nitrogens is 2. The van der Waals surface area contributed by atoms with Crippen LogP contribution in [0.15, 0.2) is 12.4 Å². The maximum absolute atomic E-state index is 11.4. The van der Waals surface area contributed by atoms with E-state index in [1.54, 1.807) is 13.1 Å². The molecule has 0 aliphatic carbocycles. The molecule has 1 fully saturated rings. The molecule has 0 spiro atoms. The SMILES string of the molecule is CC(=O)N1CCC[C@@H](c2cncc(N(C)C)n2)C1. The number of amides is 1. The minimum atomic E-state index is 0.149. The van der Waals surface area contributed by atoms with Gasteiger partial charge in [-0.25, -0.2) is 4.98 Å². The molecule has 2 rings (SSSR count).